The van der Waals surface area contributed by atoms with Crippen LogP contribution in [0.5, 0.6) is 0 Å². The number of halogens is 3. The van der Waals surface area contributed by atoms with Crippen LogP contribution in [0, 0.1) is 5.82 Å². The van der Waals surface area contributed by atoms with Crippen molar-refractivity contribution in [1.82, 2.24) is 0 Å². The molecule has 0 radical (unpaired) electrons. The summed E-state index contributed by atoms with van der Waals surface area (Å²) in [4.78, 5) is 0. The van der Waals surface area contributed by atoms with Crippen LogP contribution in [-0.2, 0) is 0 Å². The Morgan fingerprint density at radius 1 is 1.14 bits per heavy atom. The van der Waals surface area contributed by atoms with Crippen molar-refractivity contribution >= 4 is 34.7 Å². The van der Waals surface area contributed by atoms with Gasteiger partial charge in [-0.25, -0.2) is 4.39 Å². The maximum Gasteiger partial charge on any atom is 0.123 e. The van der Waals surface area contributed by atoms with E-state index in [9.17, 15) is 4.39 Å². The predicted octanol–water partition coefficient (Wildman–Crippen LogP) is 4.36. The lowest BCUT2D eigenvalue weighted by Gasteiger charge is -2.24. The Balaban J connectivity index is 2.00. The van der Waals surface area contributed by atoms with Gasteiger partial charge in [0.15, 0.2) is 0 Å². The van der Waals surface area contributed by atoms with Gasteiger partial charge in [0.25, 0.3) is 0 Å². The van der Waals surface area contributed by atoms with E-state index in [4.69, 9.17) is 28.9 Å². The molecule has 0 aliphatic carbocycles. The lowest BCUT2D eigenvalue weighted by atomic mass is 10.0. The Morgan fingerprint density at radius 2 is 1.86 bits per heavy atom. The summed E-state index contributed by atoms with van der Waals surface area (Å²) in [5.41, 5.74) is 7.51. The fraction of sp³-hybridized carbons (Fsp3) is 0.133. The topological polar surface area (TPSA) is 41.6 Å². The van der Waals surface area contributed by atoms with Crippen LogP contribution in [0.4, 0.5) is 10.1 Å². The number of benzene rings is 2. The Morgan fingerprint density at radius 3 is 2.52 bits per heavy atom. The molecule has 1 heterocycles. The number of hydrogen-bond acceptors (Lipinski definition) is 3. The minimum atomic E-state index is -0.276. The van der Waals surface area contributed by atoms with E-state index in [0.29, 0.717) is 22.3 Å². The highest BCUT2D eigenvalue weighted by Gasteiger charge is 2.29. The molecule has 2 N–H and O–H groups in total. The molecule has 0 spiro atoms. The molecular formula is C15H12Cl2FN3. The maximum absolute atomic E-state index is 13.1. The summed E-state index contributed by atoms with van der Waals surface area (Å²) in [6.45, 7) is 0. The van der Waals surface area contributed by atoms with E-state index in [2.05, 4.69) is 5.10 Å². The lowest BCUT2D eigenvalue weighted by Crippen LogP contribution is -2.19. The van der Waals surface area contributed by atoms with Crippen molar-refractivity contribution in [3.63, 3.8) is 0 Å². The van der Waals surface area contributed by atoms with Gasteiger partial charge in [0.05, 0.1) is 16.8 Å². The van der Waals surface area contributed by atoms with Crippen molar-refractivity contribution in [2.45, 2.75) is 12.5 Å². The van der Waals surface area contributed by atoms with Crippen molar-refractivity contribution < 1.29 is 4.39 Å². The average Bonchev–Trinajstić information content (AvgIpc) is 2.81. The fourth-order valence-electron chi connectivity index (χ4n) is 2.37. The smallest absolute Gasteiger partial charge is 0.123 e. The molecule has 0 aromatic heterocycles. The largest absolute Gasteiger partial charge is 0.386 e. The van der Waals surface area contributed by atoms with Crippen molar-refractivity contribution in [3.05, 3.63) is 63.9 Å². The molecular weight excluding hydrogens is 312 g/mol. The van der Waals surface area contributed by atoms with E-state index in [1.165, 1.54) is 12.1 Å². The molecule has 0 saturated carbocycles. The molecule has 2 aromatic rings. The van der Waals surface area contributed by atoms with Crippen LogP contribution in [0.1, 0.15) is 18.0 Å². The number of hydrazone groups is 1. The summed E-state index contributed by atoms with van der Waals surface area (Å²) in [6.07, 6.45) is 0.560. The first-order chi connectivity index (χ1) is 10.0. The Kier molecular flexibility index (Phi) is 3.74. The molecule has 6 heteroatoms. The SMILES string of the molecule is NC1=NN(c2ccc(Cl)cc2Cl)[C@H](c2ccc(F)cc2)C1. The van der Waals surface area contributed by atoms with Gasteiger partial charge in [-0.3, -0.25) is 5.01 Å². The van der Waals surface area contributed by atoms with E-state index in [1.54, 1.807) is 35.3 Å². The number of nitrogens with two attached hydrogens (primary N) is 1. The van der Waals surface area contributed by atoms with Gasteiger partial charge >= 0.3 is 0 Å². The molecule has 3 nitrogen and oxygen atoms in total. The van der Waals surface area contributed by atoms with E-state index in [-0.39, 0.29) is 11.9 Å². The molecule has 0 bridgehead atoms. The first-order valence-corrected chi connectivity index (χ1v) is 7.13. The standard InChI is InChI=1S/C15H12Cl2FN3/c16-10-3-6-13(12(17)7-10)21-14(8-15(19)20-21)9-1-4-11(18)5-2-9/h1-7,14H,8H2,(H2,19,20)/t14-/m0/s1. The Bertz CT molecular complexity index is 701. The second kappa shape index (κ2) is 5.54. The summed E-state index contributed by atoms with van der Waals surface area (Å²) in [5, 5.41) is 7.13. The zero-order chi connectivity index (χ0) is 15.0. The molecule has 0 amide bonds. The highest BCUT2D eigenvalue weighted by atomic mass is 35.5. The van der Waals surface area contributed by atoms with Crippen LogP contribution < -0.4 is 10.7 Å². The van der Waals surface area contributed by atoms with Gasteiger partial charge in [-0.05, 0) is 35.9 Å². The molecule has 1 atom stereocenters. The summed E-state index contributed by atoms with van der Waals surface area (Å²) in [5.74, 6) is 0.233. The van der Waals surface area contributed by atoms with Crippen molar-refractivity contribution in [2.24, 2.45) is 10.8 Å². The van der Waals surface area contributed by atoms with Crippen LogP contribution in [0.25, 0.3) is 0 Å². The van der Waals surface area contributed by atoms with Gasteiger partial charge in [0.2, 0.25) is 0 Å². The van der Waals surface area contributed by atoms with E-state index in [1.807, 2.05) is 0 Å². The van der Waals surface area contributed by atoms with Crippen molar-refractivity contribution in [2.75, 3.05) is 5.01 Å². The van der Waals surface area contributed by atoms with Crippen molar-refractivity contribution in [3.8, 4) is 0 Å². The Hall–Kier alpha value is -1.78. The highest BCUT2D eigenvalue weighted by molar-refractivity contribution is 6.36. The van der Waals surface area contributed by atoms with Crippen molar-refractivity contribution in [1.29, 1.82) is 0 Å². The Labute approximate surface area is 131 Å². The maximum atomic E-state index is 13.1. The van der Waals surface area contributed by atoms with Gasteiger partial charge in [-0.1, -0.05) is 35.3 Å². The zero-order valence-electron chi connectivity index (χ0n) is 10.9. The third kappa shape index (κ3) is 2.82. The molecule has 0 saturated heterocycles. The molecule has 0 unspecified atom stereocenters. The van der Waals surface area contributed by atoms with Gasteiger partial charge in [-0.15, -0.1) is 0 Å². The summed E-state index contributed by atoms with van der Waals surface area (Å²) in [6, 6.07) is 11.4. The van der Waals surface area contributed by atoms with Crippen LogP contribution in [0.2, 0.25) is 10.0 Å². The van der Waals surface area contributed by atoms with Gasteiger partial charge < -0.3 is 5.73 Å². The molecule has 0 fully saturated rings. The quantitative estimate of drug-likeness (QED) is 0.892. The molecule has 21 heavy (non-hydrogen) atoms. The van der Waals surface area contributed by atoms with Gasteiger partial charge in [-0.2, -0.15) is 5.10 Å². The highest BCUT2D eigenvalue weighted by Crippen LogP contribution is 2.38. The first-order valence-electron chi connectivity index (χ1n) is 6.37. The third-order valence-corrected chi connectivity index (χ3v) is 3.88. The zero-order valence-corrected chi connectivity index (χ0v) is 12.4. The van der Waals surface area contributed by atoms with Gasteiger partial charge in [0, 0.05) is 11.4 Å². The average molecular weight is 324 g/mol. The second-order valence-corrected chi connectivity index (χ2v) is 5.65. The summed E-state index contributed by atoms with van der Waals surface area (Å²) >= 11 is 12.2. The predicted molar refractivity (Wildman–Crippen MR) is 84.3 cm³/mol. The summed E-state index contributed by atoms with van der Waals surface area (Å²) < 4.78 is 13.1. The second-order valence-electron chi connectivity index (χ2n) is 4.80. The minimum Gasteiger partial charge on any atom is -0.386 e. The molecule has 2 aromatic carbocycles. The molecule has 3 rings (SSSR count). The number of anilines is 1. The molecule has 1 aliphatic rings. The number of nitrogens with zero attached hydrogens (tertiary/aromatic N) is 2. The fourth-order valence-corrected chi connectivity index (χ4v) is 2.86. The van der Waals surface area contributed by atoms with E-state index in [0.717, 1.165) is 11.3 Å². The normalized spacial score (nSPS) is 18.0. The molecule has 108 valence electrons. The number of amidine groups is 1. The lowest BCUT2D eigenvalue weighted by molar-refractivity contribution is 0.624. The monoisotopic (exact) mass is 323 g/mol. The number of hydrogen-bond donors (Lipinski definition) is 1. The number of rotatable bonds is 2. The van der Waals surface area contributed by atoms with E-state index >= 15 is 0 Å². The van der Waals surface area contributed by atoms with Gasteiger partial charge in [0.1, 0.15) is 11.7 Å². The van der Waals surface area contributed by atoms with Crippen LogP contribution in [-0.4, -0.2) is 5.84 Å². The first kappa shape index (κ1) is 14.2. The third-order valence-electron chi connectivity index (χ3n) is 3.35. The van der Waals surface area contributed by atoms with Crippen LogP contribution >= 0.6 is 23.2 Å². The van der Waals surface area contributed by atoms with E-state index < -0.39 is 0 Å². The summed E-state index contributed by atoms with van der Waals surface area (Å²) in [7, 11) is 0. The minimum absolute atomic E-state index is 0.107. The van der Waals surface area contributed by atoms with Crippen LogP contribution in [0.15, 0.2) is 47.6 Å². The molecule has 1 aliphatic heterocycles. The van der Waals surface area contributed by atoms with Crippen LogP contribution in [0.3, 0.4) is 0 Å².